The van der Waals surface area contributed by atoms with E-state index in [1.807, 2.05) is 0 Å². The summed E-state index contributed by atoms with van der Waals surface area (Å²) in [5.41, 5.74) is 1.16. The summed E-state index contributed by atoms with van der Waals surface area (Å²) < 4.78 is 5.02. The van der Waals surface area contributed by atoms with Crippen molar-refractivity contribution in [2.24, 2.45) is 5.92 Å². The smallest absolute Gasteiger partial charge is 0.306 e. The molecule has 5 heteroatoms. The number of ether oxygens (including phenoxy) is 1. The molecule has 5 nitrogen and oxygen atoms in total. The van der Waals surface area contributed by atoms with Crippen LogP contribution in [0, 0.1) is 5.92 Å². The second-order valence-corrected chi connectivity index (χ2v) is 6.74. The molecule has 1 aromatic rings. The van der Waals surface area contributed by atoms with E-state index in [0.717, 1.165) is 18.8 Å². The van der Waals surface area contributed by atoms with Crippen LogP contribution in [0.3, 0.4) is 0 Å². The summed E-state index contributed by atoms with van der Waals surface area (Å²) >= 11 is 0. The molecule has 0 aromatic heterocycles. The second kappa shape index (κ2) is 9.97. The molecule has 0 spiro atoms. The molecule has 1 aromatic carbocycles. The number of Topliss-reactive ketones (excluding diaryl/α,β-unsaturated/α-hetero) is 1. The predicted octanol–water partition coefficient (Wildman–Crippen LogP) is 4.12. The standard InChI is InChI=1S/C20H27NO4/c1-15(22)17-10-12-18(13-11-17)21-19(23)14-25-20(24)9-5-8-16-6-3-2-4-7-16/h10-13,16H,2-9,14H2,1H3,(H,21,23). The highest BCUT2D eigenvalue weighted by Gasteiger charge is 2.14. The molecule has 0 bridgehead atoms. The first-order chi connectivity index (χ1) is 12.0. The highest BCUT2D eigenvalue weighted by atomic mass is 16.5. The summed E-state index contributed by atoms with van der Waals surface area (Å²) in [6.45, 7) is 1.21. The minimum absolute atomic E-state index is 0.0277. The number of hydrogen-bond donors (Lipinski definition) is 1. The minimum Gasteiger partial charge on any atom is -0.456 e. The lowest BCUT2D eigenvalue weighted by molar-refractivity contribution is -0.147. The average molecular weight is 345 g/mol. The van der Waals surface area contributed by atoms with E-state index < -0.39 is 0 Å². The van der Waals surface area contributed by atoms with Crippen LogP contribution in [0.4, 0.5) is 5.69 Å². The lowest BCUT2D eigenvalue weighted by atomic mass is 9.86. The van der Waals surface area contributed by atoms with Gasteiger partial charge < -0.3 is 10.1 Å². The van der Waals surface area contributed by atoms with E-state index in [-0.39, 0.29) is 24.3 Å². The Hall–Kier alpha value is -2.17. The summed E-state index contributed by atoms with van der Waals surface area (Å²) in [7, 11) is 0. The van der Waals surface area contributed by atoms with Gasteiger partial charge in [0.25, 0.3) is 5.91 Å². The summed E-state index contributed by atoms with van der Waals surface area (Å²) in [5, 5.41) is 2.64. The molecule has 1 N–H and O–H groups in total. The van der Waals surface area contributed by atoms with Gasteiger partial charge in [-0.2, -0.15) is 0 Å². The zero-order chi connectivity index (χ0) is 18.1. The molecule has 25 heavy (non-hydrogen) atoms. The van der Waals surface area contributed by atoms with E-state index in [1.54, 1.807) is 24.3 Å². The number of esters is 1. The van der Waals surface area contributed by atoms with Crippen LogP contribution in [0.5, 0.6) is 0 Å². The van der Waals surface area contributed by atoms with E-state index in [2.05, 4.69) is 5.32 Å². The van der Waals surface area contributed by atoms with Crippen molar-refractivity contribution in [2.45, 2.75) is 58.3 Å². The summed E-state index contributed by atoms with van der Waals surface area (Å²) in [6.07, 6.45) is 8.79. The van der Waals surface area contributed by atoms with Gasteiger partial charge >= 0.3 is 5.97 Å². The van der Waals surface area contributed by atoms with Crippen molar-refractivity contribution in [3.8, 4) is 0 Å². The van der Waals surface area contributed by atoms with Gasteiger partial charge in [0.2, 0.25) is 0 Å². The molecule has 1 aliphatic carbocycles. The Morgan fingerprint density at radius 1 is 1.08 bits per heavy atom. The molecule has 0 aliphatic heterocycles. The number of anilines is 1. The number of carbonyl (C=O) groups excluding carboxylic acids is 3. The van der Waals surface area contributed by atoms with Gasteiger partial charge in [-0.1, -0.05) is 32.1 Å². The Balaban J connectivity index is 1.61. The van der Waals surface area contributed by atoms with Gasteiger partial charge in [0.1, 0.15) is 0 Å². The molecule has 0 saturated heterocycles. The van der Waals surface area contributed by atoms with Gasteiger partial charge in [0, 0.05) is 17.7 Å². The van der Waals surface area contributed by atoms with Gasteiger partial charge in [-0.25, -0.2) is 0 Å². The Labute approximate surface area is 149 Å². The van der Waals surface area contributed by atoms with Crippen molar-refractivity contribution in [1.82, 2.24) is 0 Å². The lowest BCUT2D eigenvalue weighted by Crippen LogP contribution is -2.21. The van der Waals surface area contributed by atoms with Crippen LogP contribution in [-0.2, 0) is 14.3 Å². The van der Waals surface area contributed by atoms with Gasteiger partial charge in [-0.3, -0.25) is 14.4 Å². The van der Waals surface area contributed by atoms with E-state index in [1.165, 1.54) is 39.0 Å². The largest absolute Gasteiger partial charge is 0.456 e. The molecule has 2 rings (SSSR count). The van der Waals surface area contributed by atoms with Crippen molar-refractivity contribution in [3.63, 3.8) is 0 Å². The molecule has 0 heterocycles. The van der Waals surface area contributed by atoms with Crippen molar-refractivity contribution in [3.05, 3.63) is 29.8 Å². The van der Waals surface area contributed by atoms with Crippen LogP contribution in [0.15, 0.2) is 24.3 Å². The van der Waals surface area contributed by atoms with E-state index in [9.17, 15) is 14.4 Å². The van der Waals surface area contributed by atoms with Gasteiger partial charge in [-0.15, -0.1) is 0 Å². The number of carbonyl (C=O) groups is 3. The normalized spacial score (nSPS) is 14.8. The van der Waals surface area contributed by atoms with Crippen LogP contribution in [0.1, 0.15) is 68.6 Å². The van der Waals surface area contributed by atoms with Crippen molar-refractivity contribution in [1.29, 1.82) is 0 Å². The lowest BCUT2D eigenvalue weighted by Gasteiger charge is -2.20. The van der Waals surface area contributed by atoms with Gasteiger partial charge in [0.15, 0.2) is 12.4 Å². The average Bonchev–Trinajstić information content (AvgIpc) is 2.61. The zero-order valence-electron chi connectivity index (χ0n) is 14.9. The first-order valence-corrected chi connectivity index (χ1v) is 9.11. The predicted molar refractivity (Wildman–Crippen MR) is 96.5 cm³/mol. The third-order valence-corrected chi connectivity index (χ3v) is 4.66. The zero-order valence-corrected chi connectivity index (χ0v) is 14.9. The number of hydrogen-bond acceptors (Lipinski definition) is 4. The van der Waals surface area contributed by atoms with E-state index in [4.69, 9.17) is 4.74 Å². The molecule has 0 atom stereocenters. The number of nitrogens with one attached hydrogen (secondary N) is 1. The molecule has 1 fully saturated rings. The van der Waals surface area contributed by atoms with Crippen molar-refractivity contribution >= 4 is 23.3 Å². The highest BCUT2D eigenvalue weighted by Crippen LogP contribution is 2.27. The second-order valence-electron chi connectivity index (χ2n) is 6.74. The molecule has 136 valence electrons. The van der Waals surface area contributed by atoms with E-state index in [0.29, 0.717) is 17.7 Å². The molecule has 1 amide bonds. The fourth-order valence-electron chi connectivity index (χ4n) is 3.21. The van der Waals surface area contributed by atoms with Gasteiger partial charge in [-0.05, 0) is 49.9 Å². The number of amides is 1. The van der Waals surface area contributed by atoms with Crippen LogP contribution in [-0.4, -0.2) is 24.3 Å². The Bertz CT molecular complexity index is 588. The molecule has 1 aliphatic rings. The van der Waals surface area contributed by atoms with E-state index >= 15 is 0 Å². The number of rotatable bonds is 8. The maximum atomic E-state index is 11.8. The van der Waals surface area contributed by atoms with Crippen LogP contribution < -0.4 is 5.32 Å². The monoisotopic (exact) mass is 345 g/mol. The third kappa shape index (κ3) is 7.08. The fraction of sp³-hybridized carbons (Fsp3) is 0.550. The molecule has 1 saturated carbocycles. The Kier molecular flexibility index (Phi) is 7.64. The number of ketones is 1. The molecule has 0 radical (unpaired) electrons. The Morgan fingerprint density at radius 2 is 1.76 bits per heavy atom. The van der Waals surface area contributed by atoms with Crippen molar-refractivity contribution in [2.75, 3.05) is 11.9 Å². The molecular formula is C20H27NO4. The summed E-state index contributed by atoms with van der Waals surface area (Å²) in [5.74, 6) is 0.0250. The number of benzene rings is 1. The first kappa shape index (κ1) is 19.2. The topological polar surface area (TPSA) is 72.5 Å². The Morgan fingerprint density at radius 3 is 2.40 bits per heavy atom. The summed E-state index contributed by atoms with van der Waals surface area (Å²) in [4.78, 5) is 34.7. The van der Waals surface area contributed by atoms with Crippen molar-refractivity contribution < 1.29 is 19.1 Å². The highest BCUT2D eigenvalue weighted by molar-refractivity contribution is 5.96. The molecular weight excluding hydrogens is 318 g/mol. The SMILES string of the molecule is CC(=O)c1ccc(NC(=O)COC(=O)CCCC2CCCCC2)cc1. The van der Waals surface area contributed by atoms with Crippen LogP contribution >= 0.6 is 0 Å². The quantitative estimate of drug-likeness (QED) is 0.568. The van der Waals surface area contributed by atoms with Crippen LogP contribution in [0.2, 0.25) is 0 Å². The maximum absolute atomic E-state index is 11.8. The first-order valence-electron chi connectivity index (χ1n) is 9.11. The summed E-state index contributed by atoms with van der Waals surface area (Å²) in [6, 6.07) is 6.60. The maximum Gasteiger partial charge on any atom is 0.306 e. The molecule has 0 unspecified atom stereocenters. The van der Waals surface area contributed by atoms with Gasteiger partial charge in [0.05, 0.1) is 0 Å². The van der Waals surface area contributed by atoms with Crippen LogP contribution in [0.25, 0.3) is 0 Å². The third-order valence-electron chi connectivity index (χ3n) is 4.66. The minimum atomic E-state index is -0.379. The fourth-order valence-corrected chi connectivity index (χ4v) is 3.21.